The number of benzene rings is 2. The van der Waals surface area contributed by atoms with E-state index in [4.69, 9.17) is 11.6 Å². The van der Waals surface area contributed by atoms with Gasteiger partial charge < -0.3 is 0 Å². The van der Waals surface area contributed by atoms with Gasteiger partial charge in [0, 0.05) is 6.07 Å². The molecule has 0 aromatic heterocycles. The van der Waals surface area contributed by atoms with Crippen LogP contribution in [0.2, 0.25) is 0 Å². The molecule has 0 amide bonds. The SMILES string of the molecule is O=[N+]([O-])c1cccc(CC2Cc3ccccc3C2Cl)c1Br. The Morgan fingerprint density at radius 3 is 2.71 bits per heavy atom. The predicted octanol–water partition coefficient (Wildman–Crippen LogP) is 5.05. The van der Waals surface area contributed by atoms with Crippen molar-refractivity contribution in [1.29, 1.82) is 0 Å². The number of halogens is 2. The van der Waals surface area contributed by atoms with E-state index in [9.17, 15) is 10.1 Å². The molecule has 108 valence electrons. The Bertz CT molecular complexity index is 704. The lowest BCUT2D eigenvalue weighted by Gasteiger charge is -2.15. The highest BCUT2D eigenvalue weighted by Crippen LogP contribution is 2.43. The lowest BCUT2D eigenvalue weighted by Crippen LogP contribution is -2.08. The fourth-order valence-corrected chi connectivity index (χ4v) is 3.91. The van der Waals surface area contributed by atoms with Gasteiger partial charge in [0.05, 0.1) is 14.8 Å². The van der Waals surface area contributed by atoms with Crippen molar-refractivity contribution in [3.63, 3.8) is 0 Å². The molecule has 2 unspecified atom stereocenters. The molecule has 5 heteroatoms. The van der Waals surface area contributed by atoms with Gasteiger partial charge in [-0.15, -0.1) is 11.6 Å². The van der Waals surface area contributed by atoms with Crippen LogP contribution in [0.15, 0.2) is 46.9 Å². The van der Waals surface area contributed by atoms with Crippen LogP contribution in [0.1, 0.15) is 22.1 Å². The number of hydrogen-bond acceptors (Lipinski definition) is 2. The molecule has 0 bridgehead atoms. The van der Waals surface area contributed by atoms with Crippen molar-refractivity contribution < 1.29 is 4.92 Å². The van der Waals surface area contributed by atoms with Crippen LogP contribution in [0.5, 0.6) is 0 Å². The van der Waals surface area contributed by atoms with Gasteiger partial charge in [-0.05, 0) is 51.4 Å². The average Bonchev–Trinajstić information content (AvgIpc) is 2.78. The second-order valence-corrected chi connectivity index (χ2v) is 6.54. The maximum atomic E-state index is 11.0. The van der Waals surface area contributed by atoms with Crippen molar-refractivity contribution >= 4 is 33.2 Å². The Hall–Kier alpha value is -1.39. The van der Waals surface area contributed by atoms with Crippen LogP contribution in [0, 0.1) is 16.0 Å². The molecule has 3 nitrogen and oxygen atoms in total. The number of fused-ring (bicyclic) bond motifs is 1. The highest BCUT2D eigenvalue weighted by molar-refractivity contribution is 9.10. The molecule has 0 aliphatic heterocycles. The summed E-state index contributed by atoms with van der Waals surface area (Å²) in [5, 5.41) is 11.0. The molecule has 1 aliphatic carbocycles. The lowest BCUT2D eigenvalue weighted by molar-refractivity contribution is -0.385. The molecule has 2 aromatic carbocycles. The van der Waals surface area contributed by atoms with Crippen LogP contribution in [-0.4, -0.2) is 4.92 Å². The molecule has 0 spiro atoms. The molecule has 0 saturated carbocycles. The van der Waals surface area contributed by atoms with Crippen molar-refractivity contribution in [2.75, 3.05) is 0 Å². The van der Waals surface area contributed by atoms with Crippen molar-refractivity contribution in [1.82, 2.24) is 0 Å². The Balaban J connectivity index is 1.86. The van der Waals surface area contributed by atoms with Crippen molar-refractivity contribution in [2.24, 2.45) is 5.92 Å². The molecule has 3 rings (SSSR count). The summed E-state index contributed by atoms with van der Waals surface area (Å²) < 4.78 is 0.565. The van der Waals surface area contributed by atoms with Gasteiger partial charge in [0.1, 0.15) is 0 Å². The number of rotatable bonds is 3. The Morgan fingerprint density at radius 1 is 1.24 bits per heavy atom. The van der Waals surface area contributed by atoms with E-state index in [-0.39, 0.29) is 21.9 Å². The third-order valence-corrected chi connectivity index (χ3v) is 5.49. The van der Waals surface area contributed by atoms with Gasteiger partial charge in [0.25, 0.3) is 5.69 Å². The van der Waals surface area contributed by atoms with Crippen LogP contribution in [0.25, 0.3) is 0 Å². The largest absolute Gasteiger partial charge is 0.283 e. The molecule has 0 N–H and O–H groups in total. The first-order valence-corrected chi connectivity index (χ1v) is 7.94. The zero-order chi connectivity index (χ0) is 15.0. The molecular formula is C16H13BrClNO2. The van der Waals surface area contributed by atoms with Gasteiger partial charge in [-0.1, -0.05) is 36.4 Å². The van der Waals surface area contributed by atoms with Crippen LogP contribution >= 0.6 is 27.5 Å². The summed E-state index contributed by atoms with van der Waals surface area (Å²) in [6, 6.07) is 13.3. The number of nitro benzene ring substituents is 1. The normalized spacial score (nSPS) is 20.3. The zero-order valence-electron chi connectivity index (χ0n) is 11.1. The highest BCUT2D eigenvalue weighted by atomic mass is 79.9. The zero-order valence-corrected chi connectivity index (χ0v) is 13.5. The van der Waals surface area contributed by atoms with Gasteiger partial charge in [0.2, 0.25) is 0 Å². The maximum Gasteiger partial charge on any atom is 0.283 e. The second-order valence-electron chi connectivity index (χ2n) is 5.28. The number of hydrogen-bond donors (Lipinski definition) is 0. The van der Waals surface area contributed by atoms with Crippen LogP contribution in [0.3, 0.4) is 0 Å². The minimum absolute atomic E-state index is 0.0348. The summed E-state index contributed by atoms with van der Waals surface area (Å²) in [5.41, 5.74) is 3.51. The lowest BCUT2D eigenvalue weighted by atomic mass is 9.96. The quantitative estimate of drug-likeness (QED) is 0.433. The monoisotopic (exact) mass is 365 g/mol. The predicted molar refractivity (Wildman–Crippen MR) is 86.7 cm³/mol. The molecular weight excluding hydrogens is 354 g/mol. The topological polar surface area (TPSA) is 43.1 Å². The average molecular weight is 367 g/mol. The number of nitro groups is 1. The van der Waals surface area contributed by atoms with Gasteiger partial charge >= 0.3 is 0 Å². The standard InChI is InChI=1S/C16H13BrClNO2/c17-15-11(5-3-7-14(15)19(20)21)9-12-8-10-4-1-2-6-13(10)16(12)18/h1-7,12,16H,8-9H2. The smallest absolute Gasteiger partial charge is 0.258 e. The number of alkyl halides is 1. The van der Waals surface area contributed by atoms with E-state index in [0.29, 0.717) is 4.47 Å². The third kappa shape index (κ3) is 2.70. The van der Waals surface area contributed by atoms with E-state index < -0.39 is 0 Å². The van der Waals surface area contributed by atoms with E-state index in [1.165, 1.54) is 17.2 Å². The maximum absolute atomic E-state index is 11.0. The van der Waals surface area contributed by atoms with Gasteiger partial charge in [-0.3, -0.25) is 10.1 Å². The van der Waals surface area contributed by atoms with Crippen molar-refractivity contribution in [3.8, 4) is 0 Å². The van der Waals surface area contributed by atoms with Crippen molar-refractivity contribution in [3.05, 3.63) is 73.7 Å². The summed E-state index contributed by atoms with van der Waals surface area (Å²) in [4.78, 5) is 10.6. The Kier molecular flexibility index (Phi) is 4.00. The van der Waals surface area contributed by atoms with E-state index in [2.05, 4.69) is 28.1 Å². The van der Waals surface area contributed by atoms with E-state index in [1.807, 2.05) is 18.2 Å². The summed E-state index contributed by atoms with van der Waals surface area (Å²) >= 11 is 9.92. The Labute approximate surface area is 136 Å². The van der Waals surface area contributed by atoms with Crippen LogP contribution < -0.4 is 0 Å². The summed E-state index contributed by atoms with van der Waals surface area (Å²) in [7, 11) is 0. The fraction of sp³-hybridized carbons (Fsp3) is 0.250. The molecule has 2 aromatic rings. The summed E-state index contributed by atoms with van der Waals surface area (Å²) in [6.45, 7) is 0. The van der Waals surface area contributed by atoms with Gasteiger partial charge in [-0.25, -0.2) is 0 Å². The molecule has 0 saturated heterocycles. The summed E-state index contributed by atoms with van der Waals surface area (Å²) in [6.07, 6.45) is 1.64. The number of nitrogens with zero attached hydrogens (tertiary/aromatic N) is 1. The Morgan fingerprint density at radius 2 is 2.00 bits per heavy atom. The van der Waals surface area contributed by atoms with Gasteiger partial charge in [-0.2, -0.15) is 0 Å². The first kappa shape index (κ1) is 14.5. The van der Waals surface area contributed by atoms with Crippen LogP contribution in [-0.2, 0) is 12.8 Å². The third-order valence-electron chi connectivity index (χ3n) is 3.99. The minimum Gasteiger partial charge on any atom is -0.258 e. The van der Waals surface area contributed by atoms with Gasteiger partial charge in [0.15, 0.2) is 0 Å². The van der Waals surface area contributed by atoms with Crippen molar-refractivity contribution in [2.45, 2.75) is 18.2 Å². The second kappa shape index (κ2) is 5.78. The molecule has 2 atom stereocenters. The molecule has 1 aliphatic rings. The highest BCUT2D eigenvalue weighted by Gasteiger charge is 2.31. The minimum atomic E-state index is -0.366. The fourth-order valence-electron chi connectivity index (χ4n) is 2.95. The first-order valence-electron chi connectivity index (χ1n) is 6.71. The molecule has 0 radical (unpaired) electrons. The first-order chi connectivity index (χ1) is 10.1. The van der Waals surface area contributed by atoms with E-state index in [1.54, 1.807) is 6.07 Å². The molecule has 0 fully saturated rings. The molecule has 0 heterocycles. The van der Waals surface area contributed by atoms with E-state index >= 15 is 0 Å². The van der Waals surface area contributed by atoms with Crippen LogP contribution in [0.4, 0.5) is 5.69 Å². The summed E-state index contributed by atoms with van der Waals surface area (Å²) in [5.74, 6) is 0.266. The molecule has 21 heavy (non-hydrogen) atoms. The van der Waals surface area contributed by atoms with E-state index in [0.717, 1.165) is 18.4 Å².